The van der Waals surface area contributed by atoms with Gasteiger partial charge in [-0.3, -0.25) is 9.69 Å². The lowest BCUT2D eigenvalue weighted by Gasteiger charge is -2.34. The molecule has 4 nitrogen and oxygen atoms in total. The summed E-state index contributed by atoms with van der Waals surface area (Å²) < 4.78 is 0. The second kappa shape index (κ2) is 8.84. The first-order valence-electron chi connectivity index (χ1n) is 8.97. The maximum absolute atomic E-state index is 12.4. The molecule has 1 aromatic carbocycles. The number of nitrogens with one attached hydrogen (secondary N) is 2. The third-order valence-corrected chi connectivity index (χ3v) is 5.56. The third-order valence-electron chi connectivity index (χ3n) is 5.56. The fourth-order valence-electron chi connectivity index (χ4n) is 4.04. The first-order valence-corrected chi connectivity index (χ1v) is 8.97. The molecule has 0 aromatic heterocycles. The maximum atomic E-state index is 12.4. The SMILES string of the molecule is C[C@@H]1CNCCN1CC(=O)NCC1(c2ccccc2)CCCC1.Cl. The van der Waals surface area contributed by atoms with E-state index in [9.17, 15) is 4.79 Å². The first kappa shape index (κ1) is 19.2. The zero-order valence-electron chi connectivity index (χ0n) is 14.6. The van der Waals surface area contributed by atoms with Crippen molar-refractivity contribution in [3.63, 3.8) is 0 Å². The summed E-state index contributed by atoms with van der Waals surface area (Å²) in [5, 5.41) is 6.60. The Hall–Kier alpha value is -1.10. The highest BCUT2D eigenvalue weighted by molar-refractivity contribution is 5.85. The van der Waals surface area contributed by atoms with Crippen molar-refractivity contribution in [3.05, 3.63) is 35.9 Å². The van der Waals surface area contributed by atoms with Crippen LogP contribution < -0.4 is 10.6 Å². The summed E-state index contributed by atoms with van der Waals surface area (Å²) in [6, 6.07) is 11.2. The quantitative estimate of drug-likeness (QED) is 0.855. The van der Waals surface area contributed by atoms with E-state index < -0.39 is 0 Å². The van der Waals surface area contributed by atoms with Gasteiger partial charge in [-0.25, -0.2) is 0 Å². The van der Waals surface area contributed by atoms with Crippen LogP contribution in [0.25, 0.3) is 0 Å². The Bertz CT molecular complexity index is 517. The molecule has 3 rings (SSSR count). The summed E-state index contributed by atoms with van der Waals surface area (Å²) in [6.45, 7) is 6.39. The molecule has 1 aliphatic heterocycles. The normalized spacial score (nSPS) is 23.5. The molecule has 0 spiro atoms. The Kier molecular flexibility index (Phi) is 7.08. The van der Waals surface area contributed by atoms with Crippen molar-refractivity contribution in [2.45, 2.75) is 44.1 Å². The molecule has 1 atom stereocenters. The van der Waals surface area contributed by atoms with Crippen LogP contribution in [0.4, 0.5) is 0 Å². The van der Waals surface area contributed by atoms with Crippen LogP contribution in [0.1, 0.15) is 38.2 Å². The molecule has 1 aromatic rings. The zero-order chi connectivity index (χ0) is 16.1. The van der Waals surface area contributed by atoms with E-state index in [4.69, 9.17) is 0 Å². The first-order chi connectivity index (χ1) is 11.2. The van der Waals surface area contributed by atoms with Crippen LogP contribution in [0.15, 0.2) is 30.3 Å². The van der Waals surface area contributed by atoms with Gasteiger partial charge in [0.2, 0.25) is 5.91 Å². The van der Waals surface area contributed by atoms with Crippen molar-refractivity contribution in [1.82, 2.24) is 15.5 Å². The van der Waals surface area contributed by atoms with Gasteiger partial charge in [0.1, 0.15) is 0 Å². The lowest BCUT2D eigenvalue weighted by atomic mass is 9.79. The van der Waals surface area contributed by atoms with Gasteiger partial charge in [0, 0.05) is 37.6 Å². The summed E-state index contributed by atoms with van der Waals surface area (Å²) in [7, 11) is 0. The van der Waals surface area contributed by atoms with E-state index in [1.807, 2.05) is 0 Å². The topological polar surface area (TPSA) is 44.4 Å². The molecule has 0 bridgehead atoms. The molecule has 1 saturated heterocycles. The van der Waals surface area contributed by atoms with Crippen molar-refractivity contribution < 1.29 is 4.79 Å². The predicted molar refractivity (Wildman–Crippen MR) is 101 cm³/mol. The summed E-state index contributed by atoms with van der Waals surface area (Å²) in [5.41, 5.74) is 1.53. The van der Waals surface area contributed by atoms with Gasteiger partial charge < -0.3 is 10.6 Å². The number of amides is 1. The molecule has 2 fully saturated rings. The smallest absolute Gasteiger partial charge is 0.234 e. The molecule has 1 heterocycles. The highest BCUT2D eigenvalue weighted by Crippen LogP contribution is 2.40. The summed E-state index contributed by atoms with van der Waals surface area (Å²) in [4.78, 5) is 14.7. The average Bonchev–Trinajstić information content (AvgIpc) is 3.06. The van der Waals surface area contributed by atoms with E-state index in [0.717, 1.165) is 26.2 Å². The number of nitrogens with zero attached hydrogens (tertiary/aromatic N) is 1. The Morgan fingerprint density at radius 3 is 2.67 bits per heavy atom. The number of piperazine rings is 1. The Morgan fingerprint density at radius 2 is 2.00 bits per heavy atom. The monoisotopic (exact) mass is 351 g/mol. The van der Waals surface area contributed by atoms with E-state index in [1.165, 1.54) is 31.2 Å². The lowest BCUT2D eigenvalue weighted by molar-refractivity contribution is -0.123. The van der Waals surface area contributed by atoms with Crippen LogP contribution >= 0.6 is 12.4 Å². The molecule has 2 aliphatic rings. The summed E-state index contributed by atoms with van der Waals surface area (Å²) in [6.07, 6.45) is 4.89. The zero-order valence-corrected chi connectivity index (χ0v) is 15.4. The van der Waals surface area contributed by atoms with Crippen LogP contribution in [0, 0.1) is 0 Å². The highest BCUT2D eigenvalue weighted by Gasteiger charge is 2.35. The number of hydrogen-bond acceptors (Lipinski definition) is 3. The minimum Gasteiger partial charge on any atom is -0.354 e. The molecule has 1 aliphatic carbocycles. The fourth-order valence-corrected chi connectivity index (χ4v) is 4.04. The number of halogens is 1. The second-order valence-electron chi connectivity index (χ2n) is 7.15. The highest BCUT2D eigenvalue weighted by atomic mass is 35.5. The predicted octanol–water partition coefficient (Wildman–Crippen LogP) is 2.33. The van der Waals surface area contributed by atoms with Gasteiger partial charge in [-0.15, -0.1) is 12.4 Å². The standard InChI is InChI=1S/C19H29N3O.ClH/c1-16-13-20-11-12-22(16)14-18(23)21-15-19(9-5-6-10-19)17-7-3-2-4-8-17;/h2-4,7-8,16,20H,5-6,9-15H2,1H3,(H,21,23);1H/t16-;/m1./s1. The van der Waals surface area contributed by atoms with Crippen molar-refractivity contribution >= 4 is 18.3 Å². The third kappa shape index (κ3) is 4.50. The van der Waals surface area contributed by atoms with Crippen molar-refractivity contribution in [2.75, 3.05) is 32.7 Å². The molecule has 1 amide bonds. The van der Waals surface area contributed by atoms with E-state index >= 15 is 0 Å². The van der Waals surface area contributed by atoms with E-state index in [1.54, 1.807) is 0 Å². The molecule has 2 N–H and O–H groups in total. The molecule has 1 saturated carbocycles. The van der Waals surface area contributed by atoms with Crippen molar-refractivity contribution in [1.29, 1.82) is 0 Å². The average molecular weight is 352 g/mol. The van der Waals surface area contributed by atoms with Gasteiger partial charge in [0.05, 0.1) is 6.54 Å². The second-order valence-corrected chi connectivity index (χ2v) is 7.15. The van der Waals surface area contributed by atoms with Gasteiger partial charge in [-0.1, -0.05) is 43.2 Å². The Labute approximate surface area is 151 Å². The summed E-state index contributed by atoms with van der Waals surface area (Å²) >= 11 is 0. The van der Waals surface area contributed by atoms with Gasteiger partial charge in [-0.05, 0) is 25.3 Å². The Morgan fingerprint density at radius 1 is 1.29 bits per heavy atom. The van der Waals surface area contributed by atoms with Crippen LogP contribution in [-0.4, -0.2) is 49.6 Å². The molecule has 24 heavy (non-hydrogen) atoms. The minimum atomic E-state index is 0. The Balaban J connectivity index is 0.00000208. The largest absolute Gasteiger partial charge is 0.354 e. The van der Waals surface area contributed by atoms with Gasteiger partial charge >= 0.3 is 0 Å². The molecular formula is C19H30ClN3O. The van der Waals surface area contributed by atoms with Gasteiger partial charge in [0.15, 0.2) is 0 Å². The molecule has 5 heteroatoms. The number of carbonyl (C=O) groups excluding carboxylic acids is 1. The van der Waals surface area contributed by atoms with E-state index in [0.29, 0.717) is 12.6 Å². The molecular weight excluding hydrogens is 322 g/mol. The van der Waals surface area contributed by atoms with Crippen LogP contribution in [0.3, 0.4) is 0 Å². The summed E-state index contributed by atoms with van der Waals surface area (Å²) in [5.74, 6) is 0.168. The molecule has 0 unspecified atom stereocenters. The molecule has 0 radical (unpaired) electrons. The minimum absolute atomic E-state index is 0. The van der Waals surface area contributed by atoms with Crippen molar-refractivity contribution in [3.8, 4) is 0 Å². The van der Waals surface area contributed by atoms with E-state index in [-0.39, 0.29) is 23.7 Å². The fraction of sp³-hybridized carbons (Fsp3) is 0.632. The van der Waals surface area contributed by atoms with Crippen LogP contribution in [0.2, 0.25) is 0 Å². The number of benzene rings is 1. The number of carbonyl (C=O) groups is 1. The van der Waals surface area contributed by atoms with E-state index in [2.05, 4.69) is 52.8 Å². The number of hydrogen-bond donors (Lipinski definition) is 2. The maximum Gasteiger partial charge on any atom is 0.234 e. The molecule has 134 valence electrons. The van der Waals surface area contributed by atoms with Crippen LogP contribution in [0.5, 0.6) is 0 Å². The van der Waals surface area contributed by atoms with Crippen LogP contribution in [-0.2, 0) is 10.2 Å². The van der Waals surface area contributed by atoms with Gasteiger partial charge in [-0.2, -0.15) is 0 Å². The van der Waals surface area contributed by atoms with Gasteiger partial charge in [0.25, 0.3) is 0 Å². The number of rotatable bonds is 5. The lowest BCUT2D eigenvalue weighted by Crippen LogP contribution is -2.53. The van der Waals surface area contributed by atoms with Crippen molar-refractivity contribution in [2.24, 2.45) is 0 Å².